The second-order valence-corrected chi connectivity index (χ2v) is 5.96. The van der Waals surface area contributed by atoms with Crippen LogP contribution in [0.2, 0.25) is 0 Å². The third kappa shape index (κ3) is 2.84. The third-order valence-corrected chi connectivity index (χ3v) is 4.68. The first kappa shape index (κ1) is 13.9. The normalized spacial score (nSPS) is 26.3. The van der Waals surface area contributed by atoms with Gasteiger partial charge in [0.2, 0.25) is 0 Å². The predicted molar refractivity (Wildman–Crippen MR) is 80.2 cm³/mol. The maximum absolute atomic E-state index is 5.64. The Hall–Kier alpha value is -1.06. The number of benzene rings is 1. The van der Waals surface area contributed by atoms with Crippen LogP contribution >= 0.6 is 0 Å². The molecule has 0 spiro atoms. The molecule has 3 heteroatoms. The first-order chi connectivity index (χ1) is 9.78. The Morgan fingerprint density at radius 3 is 3.00 bits per heavy atom. The van der Waals surface area contributed by atoms with Crippen molar-refractivity contribution < 1.29 is 9.47 Å². The highest BCUT2D eigenvalue weighted by Crippen LogP contribution is 2.29. The number of nitrogens with one attached hydrogen (secondary N) is 1. The number of rotatable bonds is 5. The van der Waals surface area contributed by atoms with Gasteiger partial charge in [0.15, 0.2) is 0 Å². The minimum atomic E-state index is 0.397. The van der Waals surface area contributed by atoms with Crippen molar-refractivity contribution in [1.29, 1.82) is 0 Å². The predicted octanol–water partition coefficient (Wildman–Crippen LogP) is 3.09. The summed E-state index contributed by atoms with van der Waals surface area (Å²) in [6, 6.07) is 7.09. The van der Waals surface area contributed by atoms with Crippen molar-refractivity contribution in [2.24, 2.45) is 5.92 Å². The molecule has 2 heterocycles. The van der Waals surface area contributed by atoms with Crippen LogP contribution in [0.25, 0.3) is 0 Å². The van der Waals surface area contributed by atoms with Gasteiger partial charge in [-0.15, -0.1) is 0 Å². The molecule has 0 bridgehead atoms. The smallest absolute Gasteiger partial charge is 0.122 e. The molecule has 2 aliphatic heterocycles. The maximum Gasteiger partial charge on any atom is 0.122 e. The summed E-state index contributed by atoms with van der Waals surface area (Å²) in [4.78, 5) is 0. The lowest BCUT2D eigenvalue weighted by atomic mass is 9.98. The molecule has 1 aromatic rings. The van der Waals surface area contributed by atoms with Gasteiger partial charge in [-0.05, 0) is 42.9 Å². The molecule has 2 aliphatic rings. The molecule has 3 atom stereocenters. The first-order valence-corrected chi connectivity index (χ1v) is 7.88. The van der Waals surface area contributed by atoms with Crippen molar-refractivity contribution in [2.45, 2.75) is 45.3 Å². The molecule has 0 amide bonds. The average Bonchev–Trinajstić information content (AvgIpc) is 3.08. The lowest BCUT2D eigenvalue weighted by molar-refractivity contribution is 0.105. The van der Waals surface area contributed by atoms with Crippen molar-refractivity contribution in [2.75, 3.05) is 19.8 Å². The van der Waals surface area contributed by atoms with Crippen LogP contribution in [0, 0.1) is 5.92 Å². The third-order valence-electron chi connectivity index (χ3n) is 4.68. The fourth-order valence-electron chi connectivity index (χ4n) is 3.26. The summed E-state index contributed by atoms with van der Waals surface area (Å²) in [7, 11) is 0. The fourth-order valence-corrected chi connectivity index (χ4v) is 3.26. The summed E-state index contributed by atoms with van der Waals surface area (Å²) in [5.41, 5.74) is 2.75. The lowest BCUT2D eigenvalue weighted by Crippen LogP contribution is -2.30. The molecule has 1 N–H and O–H groups in total. The van der Waals surface area contributed by atoms with Crippen LogP contribution in [-0.2, 0) is 11.2 Å². The molecule has 3 rings (SSSR count). The topological polar surface area (TPSA) is 30.5 Å². The second-order valence-electron chi connectivity index (χ2n) is 5.96. The lowest BCUT2D eigenvalue weighted by Gasteiger charge is -2.22. The highest BCUT2D eigenvalue weighted by Gasteiger charge is 2.25. The molecule has 110 valence electrons. The van der Waals surface area contributed by atoms with Crippen molar-refractivity contribution in [3.63, 3.8) is 0 Å². The molecule has 3 nitrogen and oxygen atoms in total. The summed E-state index contributed by atoms with van der Waals surface area (Å²) >= 11 is 0. The minimum absolute atomic E-state index is 0.397. The van der Waals surface area contributed by atoms with E-state index in [0.717, 1.165) is 38.3 Å². The van der Waals surface area contributed by atoms with Gasteiger partial charge in [-0.3, -0.25) is 0 Å². The monoisotopic (exact) mass is 275 g/mol. The number of ether oxygens (including phenoxy) is 2. The zero-order valence-corrected chi connectivity index (χ0v) is 12.5. The zero-order valence-electron chi connectivity index (χ0n) is 12.5. The largest absolute Gasteiger partial charge is 0.493 e. The number of hydrogen-bond acceptors (Lipinski definition) is 3. The van der Waals surface area contributed by atoms with Gasteiger partial charge in [-0.2, -0.15) is 0 Å². The number of fused-ring (bicyclic) bond motifs is 1. The SMILES string of the molecule is CCC(NCC1CCOC1C)c1ccc2c(c1)CCO2. The van der Waals surface area contributed by atoms with Crippen molar-refractivity contribution >= 4 is 0 Å². The van der Waals surface area contributed by atoms with E-state index in [9.17, 15) is 0 Å². The molecular formula is C17H25NO2. The van der Waals surface area contributed by atoms with E-state index in [4.69, 9.17) is 9.47 Å². The van der Waals surface area contributed by atoms with Crippen molar-refractivity contribution in [3.8, 4) is 5.75 Å². The molecule has 0 saturated carbocycles. The van der Waals surface area contributed by atoms with Crippen molar-refractivity contribution in [3.05, 3.63) is 29.3 Å². The maximum atomic E-state index is 5.64. The Bertz CT molecular complexity index is 460. The van der Waals surface area contributed by atoms with Crippen molar-refractivity contribution in [1.82, 2.24) is 5.32 Å². The highest BCUT2D eigenvalue weighted by atomic mass is 16.5. The van der Waals surface area contributed by atoms with E-state index < -0.39 is 0 Å². The zero-order chi connectivity index (χ0) is 13.9. The quantitative estimate of drug-likeness (QED) is 0.895. The van der Waals surface area contributed by atoms with E-state index in [2.05, 4.69) is 37.4 Å². The molecule has 20 heavy (non-hydrogen) atoms. The Labute approximate surface area is 121 Å². The summed E-state index contributed by atoms with van der Waals surface area (Å²) < 4.78 is 11.2. The van der Waals surface area contributed by atoms with E-state index in [-0.39, 0.29) is 0 Å². The van der Waals surface area contributed by atoms with Crippen LogP contribution in [-0.4, -0.2) is 25.9 Å². The molecule has 1 aromatic carbocycles. The van der Waals surface area contributed by atoms with Gasteiger partial charge in [-0.1, -0.05) is 19.1 Å². The standard InChI is InChI=1S/C17H25NO2/c1-3-16(18-11-15-7-8-19-12(15)2)13-4-5-17-14(10-13)6-9-20-17/h4-5,10,12,15-16,18H,3,6-9,11H2,1-2H3. The van der Waals surface area contributed by atoms with E-state index in [1.807, 2.05) is 0 Å². The van der Waals surface area contributed by atoms with Gasteiger partial charge in [0.1, 0.15) is 5.75 Å². The average molecular weight is 275 g/mol. The van der Waals surface area contributed by atoms with E-state index in [1.54, 1.807) is 0 Å². The van der Waals surface area contributed by atoms with E-state index in [0.29, 0.717) is 18.1 Å². The Morgan fingerprint density at radius 2 is 2.25 bits per heavy atom. The Morgan fingerprint density at radius 1 is 1.35 bits per heavy atom. The summed E-state index contributed by atoms with van der Waals surface area (Å²) in [5.74, 6) is 1.73. The molecule has 3 unspecified atom stereocenters. The van der Waals surface area contributed by atoms with Gasteiger partial charge >= 0.3 is 0 Å². The highest BCUT2D eigenvalue weighted by molar-refractivity contribution is 5.40. The molecule has 0 aromatic heterocycles. The van der Waals surface area contributed by atoms with Crippen LogP contribution in [0.1, 0.15) is 43.9 Å². The van der Waals surface area contributed by atoms with Gasteiger partial charge < -0.3 is 14.8 Å². The molecular weight excluding hydrogens is 250 g/mol. The molecule has 0 radical (unpaired) electrons. The van der Waals surface area contributed by atoms with Gasteiger partial charge in [-0.25, -0.2) is 0 Å². The minimum Gasteiger partial charge on any atom is -0.493 e. The van der Waals surface area contributed by atoms with Crippen LogP contribution < -0.4 is 10.1 Å². The van der Waals surface area contributed by atoms with Crippen LogP contribution in [0.15, 0.2) is 18.2 Å². The Kier molecular flexibility index (Phi) is 4.27. The summed E-state index contributed by atoms with van der Waals surface area (Å²) in [6.45, 7) is 7.23. The molecule has 1 fully saturated rings. The van der Waals surface area contributed by atoms with Crippen LogP contribution in [0.3, 0.4) is 0 Å². The van der Waals surface area contributed by atoms with Gasteiger partial charge in [0, 0.05) is 25.6 Å². The molecule has 1 saturated heterocycles. The Balaban J connectivity index is 1.64. The second kappa shape index (κ2) is 6.15. The first-order valence-electron chi connectivity index (χ1n) is 7.88. The van der Waals surface area contributed by atoms with Crippen LogP contribution in [0.4, 0.5) is 0 Å². The molecule has 0 aliphatic carbocycles. The van der Waals surface area contributed by atoms with E-state index in [1.165, 1.54) is 17.5 Å². The van der Waals surface area contributed by atoms with Gasteiger partial charge in [0.05, 0.1) is 12.7 Å². The number of hydrogen-bond donors (Lipinski definition) is 1. The fraction of sp³-hybridized carbons (Fsp3) is 0.647. The van der Waals surface area contributed by atoms with E-state index >= 15 is 0 Å². The van der Waals surface area contributed by atoms with Crippen LogP contribution in [0.5, 0.6) is 5.75 Å². The summed E-state index contributed by atoms with van der Waals surface area (Å²) in [6.07, 6.45) is 3.74. The van der Waals surface area contributed by atoms with Gasteiger partial charge in [0.25, 0.3) is 0 Å². The summed E-state index contributed by atoms with van der Waals surface area (Å²) in [5, 5.41) is 3.73.